The van der Waals surface area contributed by atoms with Crippen molar-refractivity contribution in [1.29, 1.82) is 0 Å². The Kier molecular flexibility index (Phi) is 6.87. The molecule has 0 bridgehead atoms. The van der Waals surface area contributed by atoms with Crippen LogP contribution >= 0.6 is 0 Å². The van der Waals surface area contributed by atoms with Crippen molar-refractivity contribution in [2.75, 3.05) is 32.1 Å². The van der Waals surface area contributed by atoms with Crippen LogP contribution in [0.25, 0.3) is 0 Å². The summed E-state index contributed by atoms with van der Waals surface area (Å²) in [6.07, 6.45) is 1.94. The first-order chi connectivity index (χ1) is 9.62. The highest BCUT2D eigenvalue weighted by Crippen LogP contribution is 2.21. The predicted octanol–water partition coefficient (Wildman–Crippen LogP) is 2.63. The van der Waals surface area contributed by atoms with Crippen LogP contribution in [0.15, 0.2) is 18.2 Å². The van der Waals surface area contributed by atoms with Gasteiger partial charge in [-0.15, -0.1) is 0 Å². The number of hydrogen-bond donors (Lipinski definition) is 2. The molecule has 0 aliphatic heterocycles. The van der Waals surface area contributed by atoms with Crippen molar-refractivity contribution in [3.63, 3.8) is 0 Å². The number of anilines is 1. The van der Waals surface area contributed by atoms with Gasteiger partial charge in [0, 0.05) is 18.8 Å². The Bertz CT molecular complexity index is 435. The van der Waals surface area contributed by atoms with E-state index in [9.17, 15) is 4.79 Å². The Balaban J connectivity index is 2.69. The van der Waals surface area contributed by atoms with Crippen molar-refractivity contribution < 1.29 is 14.6 Å². The van der Waals surface area contributed by atoms with Crippen molar-refractivity contribution in [3.05, 3.63) is 23.8 Å². The van der Waals surface area contributed by atoms with Gasteiger partial charge in [-0.1, -0.05) is 13.3 Å². The molecule has 0 saturated heterocycles. The van der Waals surface area contributed by atoms with Crippen LogP contribution in [0.5, 0.6) is 5.75 Å². The third-order valence-corrected chi connectivity index (χ3v) is 3.08. The van der Waals surface area contributed by atoms with Gasteiger partial charge in [-0.3, -0.25) is 0 Å². The Morgan fingerprint density at radius 3 is 2.70 bits per heavy atom. The number of aryl methyl sites for hydroxylation is 1. The zero-order chi connectivity index (χ0) is 15.0. The van der Waals surface area contributed by atoms with E-state index in [-0.39, 0.29) is 12.6 Å². The summed E-state index contributed by atoms with van der Waals surface area (Å²) in [7, 11) is 1.62. The number of aliphatic hydroxyl groups is 1. The first-order valence-electron chi connectivity index (χ1n) is 6.93. The van der Waals surface area contributed by atoms with Gasteiger partial charge in [-0.25, -0.2) is 4.79 Å². The smallest absolute Gasteiger partial charge is 0.321 e. The molecule has 1 aromatic carbocycles. The highest BCUT2D eigenvalue weighted by Gasteiger charge is 2.12. The van der Waals surface area contributed by atoms with Crippen LogP contribution in [0.2, 0.25) is 0 Å². The summed E-state index contributed by atoms with van der Waals surface area (Å²) in [6.45, 7) is 4.97. The van der Waals surface area contributed by atoms with Crippen molar-refractivity contribution in [3.8, 4) is 5.75 Å². The Labute approximate surface area is 120 Å². The molecule has 0 heterocycles. The summed E-state index contributed by atoms with van der Waals surface area (Å²) in [5.41, 5.74) is 1.69. The van der Waals surface area contributed by atoms with Gasteiger partial charge in [0.15, 0.2) is 0 Å². The Hall–Kier alpha value is -1.75. The van der Waals surface area contributed by atoms with E-state index in [1.807, 2.05) is 19.1 Å². The molecule has 0 unspecified atom stereocenters. The maximum atomic E-state index is 12.1. The monoisotopic (exact) mass is 280 g/mol. The minimum atomic E-state index is -0.183. The van der Waals surface area contributed by atoms with E-state index in [0.717, 1.165) is 29.8 Å². The standard InChI is InChI=1S/C15H24N2O3/c1-4-5-8-17(9-10-18)15(19)16-13-6-7-14(20-3)12(2)11-13/h6-7,11,18H,4-5,8-10H2,1-3H3,(H,16,19). The number of nitrogens with zero attached hydrogens (tertiary/aromatic N) is 1. The van der Waals surface area contributed by atoms with E-state index >= 15 is 0 Å². The lowest BCUT2D eigenvalue weighted by Gasteiger charge is -2.22. The number of nitrogens with one attached hydrogen (secondary N) is 1. The molecule has 112 valence electrons. The molecule has 0 radical (unpaired) electrons. The maximum Gasteiger partial charge on any atom is 0.321 e. The second kappa shape index (κ2) is 8.43. The molecule has 0 aliphatic rings. The van der Waals surface area contributed by atoms with E-state index in [1.165, 1.54) is 0 Å². The summed E-state index contributed by atoms with van der Waals surface area (Å²) >= 11 is 0. The lowest BCUT2D eigenvalue weighted by atomic mass is 10.2. The molecule has 0 fully saturated rings. The predicted molar refractivity (Wildman–Crippen MR) is 80.3 cm³/mol. The van der Waals surface area contributed by atoms with Crippen molar-refractivity contribution >= 4 is 11.7 Å². The lowest BCUT2D eigenvalue weighted by Crippen LogP contribution is -2.37. The van der Waals surface area contributed by atoms with Gasteiger partial charge in [0.2, 0.25) is 0 Å². The molecule has 0 spiro atoms. The Morgan fingerprint density at radius 2 is 2.15 bits per heavy atom. The molecule has 1 aromatic rings. The van der Waals surface area contributed by atoms with E-state index in [2.05, 4.69) is 12.2 Å². The molecule has 2 N–H and O–H groups in total. The van der Waals surface area contributed by atoms with Crippen molar-refractivity contribution in [2.24, 2.45) is 0 Å². The first-order valence-corrected chi connectivity index (χ1v) is 6.93. The van der Waals surface area contributed by atoms with Gasteiger partial charge in [-0.2, -0.15) is 0 Å². The summed E-state index contributed by atoms with van der Waals surface area (Å²) in [4.78, 5) is 13.8. The molecular formula is C15H24N2O3. The molecule has 0 saturated carbocycles. The number of methoxy groups -OCH3 is 1. The van der Waals surface area contributed by atoms with Crippen LogP contribution in [0.1, 0.15) is 25.3 Å². The Morgan fingerprint density at radius 1 is 1.40 bits per heavy atom. The largest absolute Gasteiger partial charge is 0.496 e. The molecule has 2 amide bonds. The zero-order valence-electron chi connectivity index (χ0n) is 12.5. The molecule has 20 heavy (non-hydrogen) atoms. The first kappa shape index (κ1) is 16.3. The van der Waals surface area contributed by atoms with Gasteiger partial charge in [0.25, 0.3) is 0 Å². The van der Waals surface area contributed by atoms with E-state index in [4.69, 9.17) is 9.84 Å². The zero-order valence-corrected chi connectivity index (χ0v) is 12.5. The number of aliphatic hydroxyl groups excluding tert-OH is 1. The van der Waals surface area contributed by atoms with Gasteiger partial charge in [-0.05, 0) is 37.1 Å². The third kappa shape index (κ3) is 4.74. The lowest BCUT2D eigenvalue weighted by molar-refractivity contribution is 0.187. The number of benzene rings is 1. The number of carbonyl (C=O) groups excluding carboxylic acids is 1. The van der Waals surface area contributed by atoms with Gasteiger partial charge in [0.1, 0.15) is 5.75 Å². The third-order valence-electron chi connectivity index (χ3n) is 3.08. The van der Waals surface area contributed by atoms with Crippen molar-refractivity contribution in [2.45, 2.75) is 26.7 Å². The second-order valence-electron chi connectivity index (χ2n) is 4.68. The second-order valence-corrected chi connectivity index (χ2v) is 4.68. The number of unbranched alkanes of at least 4 members (excludes halogenated alkanes) is 1. The van der Waals surface area contributed by atoms with Crippen LogP contribution in [0.4, 0.5) is 10.5 Å². The minimum Gasteiger partial charge on any atom is -0.496 e. The molecular weight excluding hydrogens is 256 g/mol. The molecule has 5 heteroatoms. The average molecular weight is 280 g/mol. The van der Waals surface area contributed by atoms with Crippen LogP contribution in [0, 0.1) is 6.92 Å². The molecule has 0 aromatic heterocycles. The van der Waals surface area contributed by atoms with E-state index < -0.39 is 0 Å². The fourth-order valence-electron chi connectivity index (χ4n) is 1.94. The van der Waals surface area contributed by atoms with Crippen LogP contribution in [-0.4, -0.2) is 42.8 Å². The summed E-state index contributed by atoms with van der Waals surface area (Å²) < 4.78 is 5.19. The molecule has 0 atom stereocenters. The highest BCUT2D eigenvalue weighted by molar-refractivity contribution is 5.89. The van der Waals surface area contributed by atoms with Crippen LogP contribution in [0.3, 0.4) is 0 Å². The fraction of sp³-hybridized carbons (Fsp3) is 0.533. The molecule has 5 nitrogen and oxygen atoms in total. The van der Waals surface area contributed by atoms with Crippen LogP contribution < -0.4 is 10.1 Å². The quantitative estimate of drug-likeness (QED) is 0.807. The fourth-order valence-corrected chi connectivity index (χ4v) is 1.94. The number of amides is 2. The van der Waals surface area contributed by atoms with E-state index in [0.29, 0.717) is 13.1 Å². The molecule has 1 rings (SSSR count). The summed E-state index contributed by atoms with van der Waals surface area (Å²) in [5.74, 6) is 0.793. The minimum absolute atomic E-state index is 0.0290. The topological polar surface area (TPSA) is 61.8 Å². The summed E-state index contributed by atoms with van der Waals surface area (Å²) in [5, 5.41) is 11.9. The van der Waals surface area contributed by atoms with Gasteiger partial charge >= 0.3 is 6.03 Å². The SMILES string of the molecule is CCCCN(CCO)C(=O)Nc1ccc(OC)c(C)c1. The number of ether oxygens (including phenoxy) is 1. The van der Waals surface area contributed by atoms with Gasteiger partial charge < -0.3 is 20.1 Å². The number of rotatable bonds is 7. The number of urea groups is 1. The van der Waals surface area contributed by atoms with Crippen LogP contribution in [-0.2, 0) is 0 Å². The van der Waals surface area contributed by atoms with Crippen molar-refractivity contribution in [1.82, 2.24) is 4.90 Å². The number of carbonyl (C=O) groups is 1. The summed E-state index contributed by atoms with van der Waals surface area (Å²) in [6, 6.07) is 5.32. The van der Waals surface area contributed by atoms with Gasteiger partial charge in [0.05, 0.1) is 13.7 Å². The molecule has 0 aliphatic carbocycles. The maximum absolute atomic E-state index is 12.1. The van der Waals surface area contributed by atoms with E-state index in [1.54, 1.807) is 18.1 Å². The average Bonchev–Trinajstić information content (AvgIpc) is 2.43. The number of hydrogen-bond acceptors (Lipinski definition) is 3. The highest BCUT2D eigenvalue weighted by atomic mass is 16.5. The normalized spacial score (nSPS) is 10.2.